The third-order valence-electron chi connectivity index (χ3n) is 5.72. The maximum atomic E-state index is 6.45. The lowest BCUT2D eigenvalue weighted by Crippen LogP contribution is -2.41. The van der Waals surface area contributed by atoms with E-state index >= 15 is 0 Å². The molecule has 1 aliphatic heterocycles. The van der Waals surface area contributed by atoms with Gasteiger partial charge in [0.1, 0.15) is 0 Å². The molecule has 142 valence electrons. The van der Waals surface area contributed by atoms with E-state index in [1.807, 2.05) is 0 Å². The Labute approximate surface area is 161 Å². The smallest absolute Gasteiger partial charge is 0.402 e. The number of rotatable bonds is 5. The highest BCUT2D eigenvalue weighted by atomic mass is 16.7. The molecule has 0 amide bonds. The van der Waals surface area contributed by atoms with Crippen LogP contribution in [0.25, 0.3) is 0 Å². The Bertz CT molecular complexity index is 645. The lowest BCUT2D eigenvalue weighted by molar-refractivity contribution is 0.00578. The van der Waals surface area contributed by atoms with Crippen molar-refractivity contribution in [3.8, 4) is 11.8 Å². The van der Waals surface area contributed by atoms with Crippen LogP contribution in [0.15, 0.2) is 30.3 Å². The molecule has 0 radical (unpaired) electrons. The standard InChI is InChI=1S/C23H35BO2/c1-9-23(18-17-20(2,3)4,16-15-19-13-11-10-12-14-19)24-25-21(5,6)22(7,8)26-24/h10-14H,9,15-16H2,1-8H3/t23-/m1/s1. The molecule has 2 rings (SSSR count). The molecule has 0 saturated carbocycles. The minimum Gasteiger partial charge on any atom is -0.402 e. The van der Waals surface area contributed by atoms with E-state index in [4.69, 9.17) is 9.31 Å². The van der Waals surface area contributed by atoms with Crippen molar-refractivity contribution < 1.29 is 9.31 Å². The second kappa shape index (κ2) is 7.41. The normalized spacial score (nSPS) is 21.0. The molecule has 1 fully saturated rings. The van der Waals surface area contributed by atoms with E-state index in [-0.39, 0.29) is 29.0 Å². The van der Waals surface area contributed by atoms with Gasteiger partial charge in [-0.15, -0.1) is 0 Å². The highest BCUT2D eigenvalue weighted by Crippen LogP contribution is 2.49. The third kappa shape index (κ3) is 4.73. The van der Waals surface area contributed by atoms with Crippen molar-refractivity contribution in [3.05, 3.63) is 35.9 Å². The average molecular weight is 354 g/mol. The van der Waals surface area contributed by atoms with Gasteiger partial charge in [-0.3, -0.25) is 0 Å². The molecule has 2 nitrogen and oxygen atoms in total. The van der Waals surface area contributed by atoms with E-state index in [1.54, 1.807) is 0 Å². The van der Waals surface area contributed by atoms with Gasteiger partial charge in [0.2, 0.25) is 0 Å². The summed E-state index contributed by atoms with van der Waals surface area (Å²) in [7, 11) is -0.309. The number of hydrogen-bond acceptors (Lipinski definition) is 2. The predicted octanol–water partition coefficient (Wildman–Crippen LogP) is 5.91. The van der Waals surface area contributed by atoms with Crippen LogP contribution < -0.4 is 0 Å². The lowest BCUT2D eigenvalue weighted by atomic mass is 9.53. The van der Waals surface area contributed by atoms with E-state index in [1.165, 1.54) is 5.56 Å². The fourth-order valence-corrected chi connectivity index (χ4v) is 3.06. The van der Waals surface area contributed by atoms with Crippen LogP contribution in [0.4, 0.5) is 0 Å². The second-order valence-electron chi connectivity index (χ2n) is 9.58. The molecule has 1 aliphatic rings. The van der Waals surface area contributed by atoms with E-state index in [2.05, 4.69) is 97.6 Å². The highest BCUT2D eigenvalue weighted by molar-refractivity contribution is 6.51. The van der Waals surface area contributed by atoms with Crippen molar-refractivity contribution in [1.82, 2.24) is 0 Å². The fraction of sp³-hybridized carbons (Fsp3) is 0.652. The average Bonchev–Trinajstić information content (AvgIpc) is 2.76. The molecule has 0 bridgehead atoms. The van der Waals surface area contributed by atoms with Gasteiger partial charge in [0.05, 0.1) is 16.5 Å². The van der Waals surface area contributed by atoms with Gasteiger partial charge in [0, 0.05) is 5.41 Å². The van der Waals surface area contributed by atoms with E-state index < -0.39 is 0 Å². The van der Waals surface area contributed by atoms with Crippen molar-refractivity contribution in [1.29, 1.82) is 0 Å². The maximum Gasteiger partial charge on any atom is 0.477 e. The van der Waals surface area contributed by atoms with Crippen molar-refractivity contribution >= 4 is 7.12 Å². The molecule has 0 aromatic heterocycles. The molecule has 1 saturated heterocycles. The summed E-state index contributed by atoms with van der Waals surface area (Å²) < 4.78 is 12.9. The van der Waals surface area contributed by atoms with Crippen LogP contribution >= 0.6 is 0 Å². The Morgan fingerprint density at radius 2 is 1.46 bits per heavy atom. The first-order valence-electron chi connectivity index (χ1n) is 9.85. The summed E-state index contributed by atoms with van der Waals surface area (Å²) in [5, 5.41) is -0.311. The summed E-state index contributed by atoms with van der Waals surface area (Å²) in [4.78, 5) is 0. The molecule has 0 aliphatic carbocycles. The quantitative estimate of drug-likeness (QED) is 0.483. The van der Waals surface area contributed by atoms with Crippen molar-refractivity contribution in [3.63, 3.8) is 0 Å². The van der Waals surface area contributed by atoms with E-state index in [0.29, 0.717) is 0 Å². The van der Waals surface area contributed by atoms with Gasteiger partial charge in [-0.05, 0) is 73.3 Å². The predicted molar refractivity (Wildman–Crippen MR) is 111 cm³/mol. The van der Waals surface area contributed by atoms with Gasteiger partial charge >= 0.3 is 7.12 Å². The topological polar surface area (TPSA) is 18.5 Å². The zero-order valence-corrected chi connectivity index (χ0v) is 17.9. The molecule has 3 heteroatoms. The molecule has 0 unspecified atom stereocenters. The summed E-state index contributed by atoms with van der Waals surface area (Å²) >= 11 is 0. The summed E-state index contributed by atoms with van der Waals surface area (Å²) in [6.07, 6.45) is 2.80. The Morgan fingerprint density at radius 1 is 0.923 bits per heavy atom. The van der Waals surface area contributed by atoms with Gasteiger partial charge in [0.15, 0.2) is 0 Å². The summed E-state index contributed by atoms with van der Waals surface area (Å²) in [5.74, 6) is 7.08. The molecule has 1 atom stereocenters. The van der Waals surface area contributed by atoms with Gasteiger partial charge in [-0.2, -0.15) is 0 Å². The van der Waals surface area contributed by atoms with E-state index in [9.17, 15) is 0 Å². The van der Waals surface area contributed by atoms with Crippen LogP contribution in [0.3, 0.4) is 0 Å². The second-order valence-corrected chi connectivity index (χ2v) is 9.58. The molecular formula is C23H35BO2. The first-order valence-corrected chi connectivity index (χ1v) is 9.85. The number of hydrogen-bond donors (Lipinski definition) is 0. The van der Waals surface area contributed by atoms with Gasteiger partial charge < -0.3 is 9.31 Å². The van der Waals surface area contributed by atoms with Crippen LogP contribution in [-0.4, -0.2) is 18.3 Å². The monoisotopic (exact) mass is 354 g/mol. The zero-order chi connectivity index (χ0) is 19.6. The minimum atomic E-state index is -0.339. The van der Waals surface area contributed by atoms with Crippen molar-refractivity contribution in [2.75, 3.05) is 0 Å². The Balaban J connectivity index is 2.35. The molecule has 26 heavy (non-hydrogen) atoms. The Kier molecular flexibility index (Phi) is 6.01. The van der Waals surface area contributed by atoms with Crippen molar-refractivity contribution in [2.24, 2.45) is 5.41 Å². The summed E-state index contributed by atoms with van der Waals surface area (Å²) in [5.41, 5.74) is 0.610. The molecule has 1 aromatic rings. The van der Waals surface area contributed by atoms with Gasteiger partial charge in [-0.25, -0.2) is 0 Å². The molecule has 0 N–H and O–H groups in total. The SMILES string of the molecule is CC[C@](C#CC(C)(C)C)(CCc1ccccc1)B1OC(C)(C)C(C)(C)O1. The van der Waals surface area contributed by atoms with Crippen LogP contribution in [0.2, 0.25) is 5.31 Å². The third-order valence-corrected chi connectivity index (χ3v) is 5.72. The lowest BCUT2D eigenvalue weighted by Gasteiger charge is -2.32. The van der Waals surface area contributed by atoms with Crippen LogP contribution in [0, 0.1) is 17.3 Å². The van der Waals surface area contributed by atoms with Crippen molar-refractivity contribution in [2.45, 2.75) is 91.2 Å². The van der Waals surface area contributed by atoms with Crippen LogP contribution in [0.5, 0.6) is 0 Å². The Morgan fingerprint density at radius 3 is 1.92 bits per heavy atom. The number of benzene rings is 1. The van der Waals surface area contributed by atoms with Crippen LogP contribution in [0.1, 0.15) is 73.8 Å². The Hall–Kier alpha value is -1.24. The molecule has 0 spiro atoms. The zero-order valence-electron chi connectivity index (χ0n) is 17.9. The fourth-order valence-electron chi connectivity index (χ4n) is 3.06. The number of aryl methyl sites for hydroxylation is 1. The molecule has 1 heterocycles. The van der Waals surface area contributed by atoms with E-state index in [0.717, 1.165) is 19.3 Å². The first-order chi connectivity index (χ1) is 11.9. The highest BCUT2D eigenvalue weighted by Gasteiger charge is 2.58. The first kappa shape index (κ1) is 21.1. The summed E-state index contributed by atoms with van der Waals surface area (Å²) in [6.45, 7) is 17.1. The van der Waals surface area contributed by atoms with Gasteiger partial charge in [0.25, 0.3) is 0 Å². The van der Waals surface area contributed by atoms with Gasteiger partial charge in [-0.1, -0.05) is 49.1 Å². The largest absolute Gasteiger partial charge is 0.477 e. The molecule has 1 aromatic carbocycles. The molecular weight excluding hydrogens is 319 g/mol. The van der Waals surface area contributed by atoms with Crippen LogP contribution in [-0.2, 0) is 15.7 Å². The maximum absolute atomic E-state index is 6.45. The summed E-state index contributed by atoms with van der Waals surface area (Å²) in [6, 6.07) is 10.6. The minimum absolute atomic E-state index is 0.0448.